The van der Waals surface area contributed by atoms with E-state index in [4.69, 9.17) is 21.3 Å². The van der Waals surface area contributed by atoms with Gasteiger partial charge >= 0.3 is 0 Å². The van der Waals surface area contributed by atoms with E-state index in [2.05, 4.69) is 34.9 Å². The number of aromatic nitrogens is 4. The summed E-state index contributed by atoms with van der Waals surface area (Å²) in [4.78, 5) is 13.6. The van der Waals surface area contributed by atoms with Crippen molar-refractivity contribution in [1.82, 2.24) is 24.6 Å². The molecule has 0 amide bonds. The van der Waals surface area contributed by atoms with Crippen molar-refractivity contribution >= 4 is 17.4 Å². The van der Waals surface area contributed by atoms with Crippen LogP contribution in [0.5, 0.6) is 0 Å². The Bertz CT molecular complexity index is 1100. The summed E-state index contributed by atoms with van der Waals surface area (Å²) in [6, 6.07) is 6.87. The van der Waals surface area contributed by atoms with Crippen molar-refractivity contribution in [3.05, 3.63) is 58.8 Å². The molecule has 7 nitrogen and oxygen atoms in total. The van der Waals surface area contributed by atoms with Crippen LogP contribution in [-0.2, 0) is 24.5 Å². The normalized spacial score (nSPS) is 21.1. The highest BCUT2D eigenvalue weighted by atomic mass is 35.5. The summed E-state index contributed by atoms with van der Waals surface area (Å²) in [5, 5.41) is 4.73. The smallest absolute Gasteiger partial charge is 0.163 e. The minimum atomic E-state index is -0.328. The van der Waals surface area contributed by atoms with Gasteiger partial charge in [0, 0.05) is 43.0 Å². The van der Waals surface area contributed by atoms with E-state index in [9.17, 15) is 4.39 Å². The second kappa shape index (κ2) is 8.18. The number of benzene rings is 1. The summed E-state index contributed by atoms with van der Waals surface area (Å²) in [5.41, 5.74) is 2.57. The molecule has 2 aliphatic heterocycles. The van der Waals surface area contributed by atoms with Gasteiger partial charge in [-0.15, -0.1) is 0 Å². The lowest BCUT2D eigenvalue weighted by molar-refractivity contribution is -0.0705. The summed E-state index contributed by atoms with van der Waals surface area (Å²) in [5.74, 6) is 1.23. The molecule has 2 aromatic heterocycles. The molecule has 2 aliphatic rings. The Kier molecular flexibility index (Phi) is 5.37. The summed E-state index contributed by atoms with van der Waals surface area (Å²) in [7, 11) is 0. The molecule has 4 heterocycles. The molecule has 0 unspecified atom stereocenters. The van der Waals surface area contributed by atoms with Crippen LogP contribution in [0.3, 0.4) is 0 Å². The van der Waals surface area contributed by atoms with Gasteiger partial charge in [-0.2, -0.15) is 5.10 Å². The minimum absolute atomic E-state index is 0.210. The van der Waals surface area contributed by atoms with Crippen molar-refractivity contribution in [3.8, 4) is 11.4 Å². The predicted molar refractivity (Wildman–Crippen MR) is 116 cm³/mol. The first-order chi connectivity index (χ1) is 15.0. The van der Waals surface area contributed by atoms with Crippen LogP contribution in [0.1, 0.15) is 25.0 Å². The first kappa shape index (κ1) is 20.4. The van der Waals surface area contributed by atoms with Crippen LogP contribution in [-0.4, -0.2) is 49.9 Å². The van der Waals surface area contributed by atoms with Crippen molar-refractivity contribution in [2.45, 2.75) is 45.8 Å². The number of hydrogen-bond donors (Lipinski definition) is 0. The highest BCUT2D eigenvalue weighted by Gasteiger charge is 2.27. The minimum Gasteiger partial charge on any atom is -0.373 e. The van der Waals surface area contributed by atoms with Gasteiger partial charge in [-0.3, -0.25) is 4.90 Å². The van der Waals surface area contributed by atoms with Gasteiger partial charge in [-0.05, 0) is 37.6 Å². The number of rotatable bonds is 4. The van der Waals surface area contributed by atoms with Crippen LogP contribution in [0.2, 0.25) is 5.02 Å². The van der Waals surface area contributed by atoms with E-state index in [-0.39, 0.29) is 18.0 Å². The number of halogens is 2. The fourth-order valence-electron chi connectivity index (χ4n) is 4.46. The topological polar surface area (TPSA) is 59.3 Å². The second-order valence-corrected chi connectivity index (χ2v) is 8.76. The summed E-state index contributed by atoms with van der Waals surface area (Å²) >= 11 is 5.91. The third-order valence-corrected chi connectivity index (χ3v) is 5.90. The quantitative estimate of drug-likeness (QED) is 0.613. The molecule has 0 aliphatic carbocycles. The summed E-state index contributed by atoms with van der Waals surface area (Å²) in [6.45, 7) is 7.58. The maximum absolute atomic E-state index is 14.4. The Morgan fingerprint density at radius 3 is 2.71 bits per heavy atom. The van der Waals surface area contributed by atoms with Gasteiger partial charge in [0.05, 0.1) is 17.8 Å². The standard InChI is InChI=1S/C22H24ClFN6O/c1-14-8-28(9-15(2)31-14)10-16-5-19-21(25-7-16)29(13-30-22(19)26-12-27-30)11-17-3-4-18(23)6-20(17)24/h3-7,12,14-15H,8-11,13H2,1-2H3/t14-,15+. The Balaban J connectivity index is 1.44. The van der Waals surface area contributed by atoms with E-state index in [0.717, 1.165) is 42.4 Å². The number of pyridine rings is 1. The molecule has 0 N–H and O–H groups in total. The molecular weight excluding hydrogens is 419 g/mol. The number of morpholine rings is 1. The predicted octanol–water partition coefficient (Wildman–Crippen LogP) is 3.72. The number of nitrogens with zero attached hydrogens (tertiary/aromatic N) is 6. The van der Waals surface area contributed by atoms with Gasteiger partial charge in [0.2, 0.25) is 0 Å². The number of fused-ring (bicyclic) bond motifs is 3. The maximum Gasteiger partial charge on any atom is 0.163 e. The van der Waals surface area contributed by atoms with E-state index in [1.165, 1.54) is 6.07 Å². The zero-order chi connectivity index (χ0) is 21.5. The van der Waals surface area contributed by atoms with Crippen molar-refractivity contribution in [1.29, 1.82) is 0 Å². The molecule has 0 saturated carbocycles. The Morgan fingerprint density at radius 1 is 1.13 bits per heavy atom. The average Bonchev–Trinajstić information content (AvgIpc) is 3.18. The molecule has 1 saturated heterocycles. The third-order valence-electron chi connectivity index (χ3n) is 5.66. The van der Waals surface area contributed by atoms with Gasteiger partial charge < -0.3 is 9.64 Å². The molecule has 1 aromatic carbocycles. The van der Waals surface area contributed by atoms with Crippen LogP contribution in [0.4, 0.5) is 10.2 Å². The Morgan fingerprint density at radius 2 is 1.94 bits per heavy atom. The lowest BCUT2D eigenvalue weighted by Crippen LogP contribution is -2.44. The van der Waals surface area contributed by atoms with Gasteiger partial charge in [0.25, 0.3) is 0 Å². The molecule has 0 bridgehead atoms. The van der Waals surface area contributed by atoms with Crippen molar-refractivity contribution in [2.75, 3.05) is 18.0 Å². The molecule has 0 radical (unpaired) electrons. The fourth-order valence-corrected chi connectivity index (χ4v) is 4.62. The van der Waals surface area contributed by atoms with Crippen LogP contribution in [0, 0.1) is 5.82 Å². The molecular formula is C22H24ClFN6O. The maximum atomic E-state index is 14.4. The lowest BCUT2D eigenvalue weighted by Gasteiger charge is -2.35. The van der Waals surface area contributed by atoms with E-state index in [0.29, 0.717) is 23.8 Å². The highest BCUT2D eigenvalue weighted by molar-refractivity contribution is 6.30. The Hall–Kier alpha value is -2.55. The highest BCUT2D eigenvalue weighted by Crippen LogP contribution is 2.34. The van der Waals surface area contributed by atoms with E-state index < -0.39 is 0 Å². The van der Waals surface area contributed by atoms with Gasteiger partial charge in [0.1, 0.15) is 24.6 Å². The average molecular weight is 443 g/mol. The van der Waals surface area contributed by atoms with Crippen LogP contribution >= 0.6 is 11.6 Å². The van der Waals surface area contributed by atoms with Gasteiger partial charge in [0.15, 0.2) is 5.82 Å². The van der Waals surface area contributed by atoms with Gasteiger partial charge in [-0.1, -0.05) is 17.7 Å². The van der Waals surface area contributed by atoms with Gasteiger partial charge in [-0.25, -0.2) is 19.0 Å². The van der Waals surface area contributed by atoms with E-state index in [1.807, 2.05) is 15.8 Å². The summed E-state index contributed by atoms with van der Waals surface area (Å²) < 4.78 is 22.1. The van der Waals surface area contributed by atoms with Crippen LogP contribution in [0.25, 0.3) is 11.4 Å². The molecule has 31 heavy (non-hydrogen) atoms. The zero-order valence-electron chi connectivity index (χ0n) is 17.5. The summed E-state index contributed by atoms with van der Waals surface area (Å²) in [6.07, 6.45) is 3.87. The zero-order valence-corrected chi connectivity index (χ0v) is 18.3. The third kappa shape index (κ3) is 4.15. The Labute approximate surface area is 185 Å². The molecule has 2 atom stereocenters. The first-order valence-electron chi connectivity index (χ1n) is 10.4. The number of ether oxygens (including phenoxy) is 1. The largest absolute Gasteiger partial charge is 0.373 e. The van der Waals surface area contributed by atoms with E-state index in [1.54, 1.807) is 18.5 Å². The molecule has 1 fully saturated rings. The van der Waals surface area contributed by atoms with E-state index >= 15 is 0 Å². The SMILES string of the molecule is C[C@@H]1CN(Cc2cnc3c(c2)-c2ncnn2CN3Cc2ccc(Cl)cc2F)C[C@H](C)O1. The first-order valence-corrected chi connectivity index (χ1v) is 10.8. The molecule has 5 rings (SSSR count). The number of anilines is 1. The molecule has 162 valence electrons. The lowest BCUT2D eigenvalue weighted by atomic mass is 10.1. The molecule has 0 spiro atoms. The van der Waals surface area contributed by atoms with Crippen molar-refractivity contribution < 1.29 is 9.13 Å². The number of hydrogen-bond acceptors (Lipinski definition) is 6. The van der Waals surface area contributed by atoms with Crippen molar-refractivity contribution in [3.63, 3.8) is 0 Å². The van der Waals surface area contributed by atoms with Crippen LogP contribution < -0.4 is 4.90 Å². The van der Waals surface area contributed by atoms with Crippen LogP contribution in [0.15, 0.2) is 36.8 Å². The second-order valence-electron chi connectivity index (χ2n) is 8.32. The van der Waals surface area contributed by atoms with Crippen molar-refractivity contribution in [2.24, 2.45) is 0 Å². The molecule has 3 aromatic rings. The molecule has 9 heteroatoms. The monoisotopic (exact) mass is 442 g/mol. The fraction of sp³-hybridized carbons (Fsp3) is 0.409.